The molecule has 0 aliphatic carbocycles. The van der Waals surface area contributed by atoms with Crippen LogP contribution >= 0.6 is 0 Å². The van der Waals surface area contributed by atoms with Gasteiger partial charge in [-0.05, 0) is 31.5 Å². The highest BCUT2D eigenvalue weighted by Crippen LogP contribution is 2.32. The molecule has 2 heterocycles. The zero-order valence-electron chi connectivity index (χ0n) is 13.6. The molecule has 0 atom stereocenters. The maximum Gasteiger partial charge on any atom is 0.251 e. The van der Waals surface area contributed by atoms with Crippen LogP contribution in [0.15, 0.2) is 36.8 Å². The fraction of sp³-hybridized carbons (Fsp3) is 0.222. The molecule has 0 saturated carbocycles. The van der Waals surface area contributed by atoms with E-state index in [0.717, 1.165) is 23.5 Å². The molecule has 124 valence electrons. The Kier molecular flexibility index (Phi) is 4.20. The molecule has 3 N–H and O–H groups in total. The third-order valence-corrected chi connectivity index (χ3v) is 4.30. The second-order valence-electron chi connectivity index (χ2n) is 5.77. The Bertz CT molecular complexity index is 881. The van der Waals surface area contributed by atoms with Crippen molar-refractivity contribution in [1.29, 1.82) is 0 Å². The number of aromatic nitrogens is 3. The maximum atomic E-state index is 13.6. The Hall–Kier alpha value is -2.89. The summed E-state index contributed by atoms with van der Waals surface area (Å²) in [6, 6.07) is 6.22. The van der Waals surface area contributed by atoms with Gasteiger partial charge in [0.1, 0.15) is 5.82 Å². The number of aryl methyl sites for hydroxylation is 1. The first-order valence-corrected chi connectivity index (χ1v) is 7.71. The van der Waals surface area contributed by atoms with Crippen molar-refractivity contribution in [2.75, 3.05) is 0 Å². The van der Waals surface area contributed by atoms with E-state index in [9.17, 15) is 9.18 Å². The average Bonchev–Trinajstić information content (AvgIpc) is 3.12. The van der Waals surface area contributed by atoms with E-state index in [4.69, 9.17) is 5.73 Å². The number of hydrogen-bond acceptors (Lipinski definition) is 2. The average molecular weight is 326 g/mol. The van der Waals surface area contributed by atoms with Gasteiger partial charge in [-0.25, -0.2) is 9.37 Å². The number of H-pyrrole nitrogens is 1. The molecule has 0 radical (unpaired) electrons. The highest BCUT2D eigenvalue weighted by Gasteiger charge is 2.22. The van der Waals surface area contributed by atoms with Gasteiger partial charge in [0.25, 0.3) is 5.91 Å². The Labute approximate surface area is 139 Å². The van der Waals surface area contributed by atoms with Gasteiger partial charge in [-0.2, -0.15) is 0 Å². The van der Waals surface area contributed by atoms with Crippen molar-refractivity contribution in [2.24, 2.45) is 5.73 Å². The van der Waals surface area contributed by atoms with Crippen molar-refractivity contribution in [3.05, 3.63) is 65.3 Å². The largest absolute Gasteiger partial charge is 0.366 e. The van der Waals surface area contributed by atoms with Crippen molar-refractivity contribution >= 4 is 5.91 Å². The maximum absolute atomic E-state index is 13.6. The van der Waals surface area contributed by atoms with E-state index in [1.807, 2.05) is 18.4 Å². The minimum atomic E-state index is -0.504. The van der Waals surface area contributed by atoms with Crippen LogP contribution in [0, 0.1) is 19.7 Å². The van der Waals surface area contributed by atoms with Crippen LogP contribution in [0.2, 0.25) is 0 Å². The van der Waals surface area contributed by atoms with Crippen molar-refractivity contribution in [1.82, 2.24) is 14.5 Å². The van der Waals surface area contributed by atoms with Crippen molar-refractivity contribution < 1.29 is 9.18 Å². The molecule has 0 aliphatic heterocycles. The van der Waals surface area contributed by atoms with E-state index in [1.54, 1.807) is 24.7 Å². The minimum absolute atomic E-state index is 0.342. The van der Waals surface area contributed by atoms with Crippen LogP contribution in [0.4, 0.5) is 4.39 Å². The zero-order valence-corrected chi connectivity index (χ0v) is 13.6. The molecule has 0 spiro atoms. The van der Waals surface area contributed by atoms with Crippen molar-refractivity contribution in [3.63, 3.8) is 0 Å². The number of carbonyl (C=O) groups is 1. The molecule has 2 aromatic heterocycles. The van der Waals surface area contributed by atoms with E-state index in [1.165, 1.54) is 12.1 Å². The predicted molar refractivity (Wildman–Crippen MR) is 90.1 cm³/mol. The molecule has 24 heavy (non-hydrogen) atoms. The second kappa shape index (κ2) is 6.31. The van der Waals surface area contributed by atoms with E-state index < -0.39 is 5.91 Å². The second-order valence-corrected chi connectivity index (χ2v) is 5.77. The Morgan fingerprint density at radius 2 is 2.12 bits per heavy atom. The van der Waals surface area contributed by atoms with Gasteiger partial charge in [-0.15, -0.1) is 0 Å². The fourth-order valence-electron chi connectivity index (χ4n) is 3.17. The van der Waals surface area contributed by atoms with Crippen LogP contribution in [0.1, 0.15) is 27.4 Å². The van der Waals surface area contributed by atoms with Crippen LogP contribution in [0.5, 0.6) is 0 Å². The molecular weight excluding hydrogens is 307 g/mol. The van der Waals surface area contributed by atoms with E-state index >= 15 is 0 Å². The molecule has 5 nitrogen and oxygen atoms in total. The van der Waals surface area contributed by atoms with Crippen LogP contribution in [0.3, 0.4) is 0 Å². The first-order chi connectivity index (χ1) is 11.5. The quantitative estimate of drug-likeness (QED) is 0.756. The first kappa shape index (κ1) is 16.0. The predicted octanol–water partition coefficient (Wildman–Crippen LogP) is 2.98. The monoisotopic (exact) mass is 326 g/mol. The molecular formula is C18H19FN4O. The SMILES string of the molecule is Cc1c(C(N)=O)c(-c2cccc(F)c2)c(C)n1CCc1cnc[nH]1. The summed E-state index contributed by atoms with van der Waals surface area (Å²) in [7, 11) is 0. The molecule has 6 heteroatoms. The van der Waals surface area contributed by atoms with Gasteiger partial charge in [0.05, 0.1) is 11.9 Å². The lowest BCUT2D eigenvalue weighted by molar-refractivity contribution is 0.1000. The normalized spacial score (nSPS) is 11.0. The number of imidazole rings is 1. The number of rotatable bonds is 5. The Balaban J connectivity index is 2.08. The topological polar surface area (TPSA) is 76.7 Å². The van der Waals surface area contributed by atoms with Gasteiger partial charge in [0.15, 0.2) is 0 Å². The number of carbonyl (C=O) groups excluding carboxylic acids is 1. The van der Waals surface area contributed by atoms with Gasteiger partial charge in [0.2, 0.25) is 0 Å². The highest BCUT2D eigenvalue weighted by atomic mass is 19.1. The summed E-state index contributed by atoms with van der Waals surface area (Å²) >= 11 is 0. The number of nitrogens with zero attached hydrogens (tertiary/aromatic N) is 2. The molecule has 1 amide bonds. The number of amides is 1. The van der Waals surface area contributed by atoms with Gasteiger partial charge in [0, 0.05) is 41.8 Å². The zero-order chi connectivity index (χ0) is 17.3. The Morgan fingerprint density at radius 3 is 2.75 bits per heavy atom. The lowest BCUT2D eigenvalue weighted by atomic mass is 10.00. The van der Waals surface area contributed by atoms with Gasteiger partial charge in [-0.1, -0.05) is 12.1 Å². The van der Waals surface area contributed by atoms with E-state index in [0.29, 0.717) is 23.2 Å². The number of aromatic amines is 1. The molecule has 0 aliphatic rings. The Morgan fingerprint density at radius 1 is 1.33 bits per heavy atom. The van der Waals surface area contributed by atoms with Gasteiger partial charge >= 0.3 is 0 Å². The molecule has 3 aromatic rings. The lowest BCUT2D eigenvalue weighted by Gasteiger charge is -2.09. The van der Waals surface area contributed by atoms with Crippen LogP contribution in [0.25, 0.3) is 11.1 Å². The smallest absolute Gasteiger partial charge is 0.251 e. The molecule has 0 bridgehead atoms. The number of benzene rings is 1. The minimum Gasteiger partial charge on any atom is -0.366 e. The molecule has 0 fully saturated rings. The van der Waals surface area contributed by atoms with Crippen LogP contribution in [-0.4, -0.2) is 20.4 Å². The lowest BCUT2D eigenvalue weighted by Crippen LogP contribution is -2.14. The number of halogens is 1. The van der Waals surface area contributed by atoms with Crippen molar-refractivity contribution in [2.45, 2.75) is 26.8 Å². The van der Waals surface area contributed by atoms with Gasteiger partial charge in [-0.3, -0.25) is 4.79 Å². The third-order valence-electron chi connectivity index (χ3n) is 4.30. The summed E-state index contributed by atoms with van der Waals surface area (Å²) in [6.45, 7) is 4.46. The molecule has 3 rings (SSSR count). The standard InChI is InChI=1S/C18H19FN4O/c1-11-16(13-4-3-5-14(19)8-13)17(18(20)24)12(2)23(11)7-6-15-9-21-10-22-15/h3-5,8-10H,6-7H2,1-2H3,(H2,20,24)(H,21,22). The summed E-state index contributed by atoms with van der Waals surface area (Å²) < 4.78 is 15.7. The van der Waals surface area contributed by atoms with Crippen LogP contribution in [-0.2, 0) is 13.0 Å². The molecule has 0 unspecified atom stereocenters. The highest BCUT2D eigenvalue weighted by molar-refractivity contribution is 6.02. The summed E-state index contributed by atoms with van der Waals surface area (Å²) in [4.78, 5) is 19.1. The third kappa shape index (κ3) is 2.82. The van der Waals surface area contributed by atoms with Crippen molar-refractivity contribution in [3.8, 4) is 11.1 Å². The van der Waals surface area contributed by atoms with Gasteiger partial charge < -0.3 is 15.3 Å². The number of hydrogen-bond donors (Lipinski definition) is 2. The summed E-state index contributed by atoms with van der Waals surface area (Å²) in [6.07, 6.45) is 4.16. The fourth-order valence-corrected chi connectivity index (χ4v) is 3.17. The number of nitrogens with two attached hydrogens (primary N) is 1. The van der Waals surface area contributed by atoms with E-state index in [-0.39, 0.29) is 5.82 Å². The number of primary amides is 1. The van der Waals surface area contributed by atoms with Crippen LogP contribution < -0.4 is 5.73 Å². The summed E-state index contributed by atoms with van der Waals surface area (Å²) in [5.74, 6) is -0.847. The van der Waals surface area contributed by atoms with E-state index in [2.05, 4.69) is 9.97 Å². The molecule has 0 saturated heterocycles. The molecule has 1 aromatic carbocycles. The number of nitrogens with one attached hydrogen (secondary N) is 1. The summed E-state index contributed by atoms with van der Waals surface area (Å²) in [5.41, 5.74) is 10.1. The first-order valence-electron chi connectivity index (χ1n) is 7.71. The summed E-state index contributed by atoms with van der Waals surface area (Å²) in [5, 5.41) is 0.